The van der Waals surface area contributed by atoms with Crippen LogP contribution in [0.5, 0.6) is 5.75 Å². The molecule has 172 valence electrons. The lowest BCUT2D eigenvalue weighted by atomic mass is 10.1. The van der Waals surface area contributed by atoms with E-state index in [1.54, 1.807) is 26.0 Å². The predicted octanol–water partition coefficient (Wildman–Crippen LogP) is 1.43. The van der Waals surface area contributed by atoms with Crippen LogP contribution in [0.2, 0.25) is 0 Å². The third-order valence-electron chi connectivity index (χ3n) is 5.68. The molecule has 9 heteroatoms. The van der Waals surface area contributed by atoms with Crippen LogP contribution in [0, 0.1) is 11.3 Å². The van der Waals surface area contributed by atoms with Gasteiger partial charge in [-0.15, -0.1) is 0 Å². The van der Waals surface area contributed by atoms with Gasteiger partial charge in [0.1, 0.15) is 5.75 Å². The highest BCUT2D eigenvalue weighted by molar-refractivity contribution is 7.90. The fourth-order valence-electron chi connectivity index (χ4n) is 4.01. The lowest BCUT2D eigenvalue weighted by Gasteiger charge is -2.46. The zero-order chi connectivity index (χ0) is 22.3. The number of fused-ring (bicyclic) bond motifs is 2. The van der Waals surface area contributed by atoms with Gasteiger partial charge in [0.15, 0.2) is 0 Å². The van der Waals surface area contributed by atoms with Crippen molar-refractivity contribution in [2.75, 3.05) is 52.4 Å². The zero-order valence-electron chi connectivity index (χ0n) is 18.5. The molecule has 0 aromatic heterocycles. The third-order valence-corrected chi connectivity index (χ3v) is 7.53. The second-order valence-corrected chi connectivity index (χ2v) is 10.9. The summed E-state index contributed by atoms with van der Waals surface area (Å²) in [6.45, 7) is 10.0. The standard InChI is InChI=1S/C22H34N4O4S/c1-18(2)31(27,28)24-9-3-10-25-14-21-16-26(17-22(15-25)30-21)11-4-12-29-20-7-5-19(13-23)6-8-20/h5-8,18,21-22,24H,3-4,9-12,14-17H2,1-2H3. The number of nitrogens with zero attached hydrogens (tertiary/aromatic N) is 3. The molecule has 0 spiro atoms. The van der Waals surface area contributed by atoms with Crippen LogP contribution in [0.25, 0.3) is 0 Å². The van der Waals surface area contributed by atoms with E-state index in [-0.39, 0.29) is 12.2 Å². The average molecular weight is 451 g/mol. The smallest absolute Gasteiger partial charge is 0.213 e. The Morgan fingerprint density at radius 2 is 1.68 bits per heavy atom. The van der Waals surface area contributed by atoms with Gasteiger partial charge in [0.05, 0.1) is 35.7 Å². The number of nitriles is 1. The Morgan fingerprint density at radius 1 is 1.10 bits per heavy atom. The maximum atomic E-state index is 11.8. The molecule has 2 bridgehead atoms. The van der Waals surface area contributed by atoms with E-state index in [4.69, 9.17) is 14.7 Å². The van der Waals surface area contributed by atoms with Crippen molar-refractivity contribution in [1.29, 1.82) is 5.26 Å². The summed E-state index contributed by atoms with van der Waals surface area (Å²) < 4.78 is 38.2. The second-order valence-electron chi connectivity index (χ2n) is 8.58. The molecule has 8 nitrogen and oxygen atoms in total. The molecule has 3 rings (SSSR count). The molecule has 2 aliphatic heterocycles. The van der Waals surface area contributed by atoms with Crippen LogP contribution in [0.4, 0.5) is 0 Å². The van der Waals surface area contributed by atoms with Crippen LogP contribution in [-0.4, -0.2) is 88.1 Å². The van der Waals surface area contributed by atoms with Crippen molar-refractivity contribution in [1.82, 2.24) is 14.5 Å². The summed E-state index contributed by atoms with van der Waals surface area (Å²) in [5.74, 6) is 0.796. The first-order valence-corrected chi connectivity index (χ1v) is 12.6. The Labute approximate surface area is 186 Å². The van der Waals surface area contributed by atoms with Crippen molar-refractivity contribution in [3.63, 3.8) is 0 Å². The summed E-state index contributed by atoms with van der Waals surface area (Å²) in [6.07, 6.45) is 2.17. The van der Waals surface area contributed by atoms with Crippen molar-refractivity contribution in [3.05, 3.63) is 29.8 Å². The summed E-state index contributed by atoms with van der Waals surface area (Å²) in [7, 11) is -3.18. The molecule has 0 radical (unpaired) electrons. The lowest BCUT2D eigenvalue weighted by molar-refractivity contribution is -0.138. The number of morpholine rings is 2. The Bertz CT molecular complexity index is 824. The molecule has 0 saturated carbocycles. The van der Waals surface area contributed by atoms with E-state index in [0.29, 0.717) is 18.7 Å². The van der Waals surface area contributed by atoms with E-state index in [1.807, 2.05) is 12.1 Å². The van der Waals surface area contributed by atoms with Gasteiger partial charge in [0.2, 0.25) is 10.0 Å². The van der Waals surface area contributed by atoms with Gasteiger partial charge < -0.3 is 9.47 Å². The van der Waals surface area contributed by atoms with E-state index >= 15 is 0 Å². The van der Waals surface area contributed by atoms with Crippen molar-refractivity contribution in [2.45, 2.75) is 44.1 Å². The van der Waals surface area contributed by atoms with Crippen LogP contribution in [-0.2, 0) is 14.8 Å². The van der Waals surface area contributed by atoms with Gasteiger partial charge in [-0.05, 0) is 57.5 Å². The topological polar surface area (TPSA) is 94.9 Å². The summed E-state index contributed by atoms with van der Waals surface area (Å²) >= 11 is 0. The minimum atomic E-state index is -3.18. The molecule has 1 N–H and O–H groups in total. The molecule has 2 saturated heterocycles. The number of sulfonamides is 1. The first-order chi connectivity index (χ1) is 14.9. The van der Waals surface area contributed by atoms with Crippen molar-refractivity contribution >= 4 is 10.0 Å². The van der Waals surface area contributed by atoms with Crippen LogP contribution < -0.4 is 9.46 Å². The highest BCUT2D eigenvalue weighted by atomic mass is 32.2. The number of hydrogen-bond acceptors (Lipinski definition) is 7. The highest BCUT2D eigenvalue weighted by Crippen LogP contribution is 2.20. The molecule has 2 heterocycles. The van der Waals surface area contributed by atoms with Crippen LogP contribution in [0.3, 0.4) is 0 Å². The number of rotatable bonds is 11. The van der Waals surface area contributed by atoms with Gasteiger partial charge >= 0.3 is 0 Å². The molecule has 0 amide bonds. The molecular formula is C22H34N4O4S. The number of ether oxygens (including phenoxy) is 2. The van der Waals surface area contributed by atoms with Crippen molar-refractivity contribution in [2.24, 2.45) is 0 Å². The van der Waals surface area contributed by atoms with E-state index < -0.39 is 15.3 Å². The fraction of sp³-hybridized carbons (Fsp3) is 0.682. The fourth-order valence-corrected chi connectivity index (χ4v) is 4.78. The number of benzene rings is 1. The van der Waals surface area contributed by atoms with Gasteiger partial charge in [-0.3, -0.25) is 9.80 Å². The average Bonchev–Trinajstić information content (AvgIpc) is 2.74. The van der Waals surface area contributed by atoms with Crippen molar-refractivity contribution < 1.29 is 17.9 Å². The molecular weight excluding hydrogens is 416 g/mol. The van der Waals surface area contributed by atoms with Gasteiger partial charge in [-0.25, -0.2) is 13.1 Å². The Balaban J connectivity index is 1.31. The van der Waals surface area contributed by atoms with E-state index in [0.717, 1.165) is 57.9 Å². The summed E-state index contributed by atoms with van der Waals surface area (Å²) in [5, 5.41) is 8.45. The van der Waals surface area contributed by atoms with Gasteiger partial charge in [0, 0.05) is 39.3 Å². The normalized spacial score (nSPS) is 22.4. The van der Waals surface area contributed by atoms with Gasteiger partial charge in [0.25, 0.3) is 0 Å². The van der Waals surface area contributed by atoms with Crippen molar-refractivity contribution in [3.8, 4) is 11.8 Å². The Kier molecular flexibility index (Phi) is 8.69. The summed E-state index contributed by atoms with van der Waals surface area (Å²) in [5.41, 5.74) is 0.637. The van der Waals surface area contributed by atoms with E-state index in [9.17, 15) is 8.42 Å². The Morgan fingerprint density at radius 3 is 2.23 bits per heavy atom. The predicted molar refractivity (Wildman–Crippen MR) is 119 cm³/mol. The van der Waals surface area contributed by atoms with E-state index in [1.165, 1.54) is 0 Å². The quantitative estimate of drug-likeness (QED) is 0.510. The summed E-state index contributed by atoms with van der Waals surface area (Å²) in [4.78, 5) is 4.85. The minimum absolute atomic E-state index is 0.208. The molecule has 1 aromatic carbocycles. The Hall–Kier alpha value is -1.70. The molecule has 1 aromatic rings. The highest BCUT2D eigenvalue weighted by Gasteiger charge is 2.34. The second kappa shape index (κ2) is 11.2. The lowest BCUT2D eigenvalue weighted by Crippen LogP contribution is -2.59. The monoisotopic (exact) mass is 450 g/mol. The molecule has 2 aliphatic rings. The SMILES string of the molecule is CC(C)S(=O)(=O)NCCCN1CC2CN(CCCOc3ccc(C#N)cc3)CC(C1)O2. The van der Waals surface area contributed by atoms with Gasteiger partial charge in [-0.1, -0.05) is 0 Å². The third kappa shape index (κ3) is 7.44. The molecule has 2 atom stereocenters. The molecule has 2 unspecified atom stereocenters. The van der Waals surface area contributed by atoms with Gasteiger partial charge in [-0.2, -0.15) is 5.26 Å². The van der Waals surface area contributed by atoms with Crippen LogP contribution in [0.15, 0.2) is 24.3 Å². The largest absolute Gasteiger partial charge is 0.494 e. The summed E-state index contributed by atoms with van der Waals surface area (Å²) in [6, 6.07) is 9.31. The van der Waals surface area contributed by atoms with E-state index in [2.05, 4.69) is 20.6 Å². The first-order valence-electron chi connectivity index (χ1n) is 11.1. The zero-order valence-corrected chi connectivity index (χ0v) is 19.3. The molecule has 0 aliphatic carbocycles. The molecule has 2 fully saturated rings. The van der Waals surface area contributed by atoms with Crippen LogP contribution >= 0.6 is 0 Å². The maximum Gasteiger partial charge on any atom is 0.213 e. The first kappa shape index (κ1) is 24.0. The maximum absolute atomic E-state index is 11.8. The van der Waals surface area contributed by atoms with Crippen LogP contribution in [0.1, 0.15) is 32.3 Å². The number of nitrogens with one attached hydrogen (secondary N) is 1. The number of hydrogen-bond donors (Lipinski definition) is 1. The molecule has 31 heavy (non-hydrogen) atoms. The minimum Gasteiger partial charge on any atom is -0.494 e.